The predicted molar refractivity (Wildman–Crippen MR) is 130 cm³/mol. The first-order valence-electron chi connectivity index (χ1n) is 10.8. The van der Waals surface area contributed by atoms with Gasteiger partial charge in [-0.3, -0.25) is 4.98 Å². The van der Waals surface area contributed by atoms with Crippen molar-refractivity contribution >= 4 is 17.4 Å². The SMILES string of the molecule is Cc1ccc(-c2cc(CC3CCC(N)CC3)ncc2Cl)nc1NCc1cccc(F)c1.N. The van der Waals surface area contributed by atoms with Crippen LogP contribution < -0.4 is 17.2 Å². The maximum Gasteiger partial charge on any atom is 0.129 e. The molecule has 1 aromatic carbocycles. The molecule has 3 aromatic rings. The van der Waals surface area contributed by atoms with Crippen LogP contribution in [0.1, 0.15) is 42.5 Å². The van der Waals surface area contributed by atoms with E-state index >= 15 is 0 Å². The third-order valence-corrected chi connectivity index (χ3v) is 6.32. The number of anilines is 1. The zero-order chi connectivity index (χ0) is 21.8. The third kappa shape index (κ3) is 6.03. The smallest absolute Gasteiger partial charge is 0.129 e. The van der Waals surface area contributed by atoms with Gasteiger partial charge in [0.25, 0.3) is 0 Å². The topological polar surface area (TPSA) is 98.8 Å². The standard InChI is InChI=1S/C25H28ClFN4.H3N/c1-16-5-10-24(31-25(16)30-14-18-3-2-4-19(27)11-18)22-13-21(29-15-23(22)26)12-17-6-8-20(28)9-7-17;/h2-5,10-11,13,15,17,20H,6-9,12,14,28H2,1H3,(H,30,31);1H3. The Balaban J connectivity index is 0.00000289. The van der Waals surface area contributed by atoms with E-state index in [1.807, 2.05) is 25.1 Å². The number of halogens is 2. The number of pyridine rings is 2. The summed E-state index contributed by atoms with van der Waals surface area (Å²) in [5.41, 5.74) is 10.6. The van der Waals surface area contributed by atoms with Crippen LogP contribution in [0.5, 0.6) is 0 Å². The molecule has 32 heavy (non-hydrogen) atoms. The number of benzene rings is 1. The Labute approximate surface area is 194 Å². The molecule has 0 unspecified atom stereocenters. The molecule has 1 aliphatic rings. The molecule has 0 aliphatic heterocycles. The van der Waals surface area contributed by atoms with Crippen molar-refractivity contribution in [2.24, 2.45) is 11.7 Å². The lowest BCUT2D eigenvalue weighted by Crippen LogP contribution is -2.27. The summed E-state index contributed by atoms with van der Waals surface area (Å²) in [6.45, 7) is 2.49. The van der Waals surface area contributed by atoms with Gasteiger partial charge in [-0.05, 0) is 80.3 Å². The number of rotatable bonds is 6. The van der Waals surface area contributed by atoms with Crippen molar-refractivity contribution in [2.45, 2.75) is 51.6 Å². The number of nitrogens with two attached hydrogens (primary N) is 1. The van der Waals surface area contributed by atoms with Crippen LogP contribution in [0.3, 0.4) is 0 Å². The fourth-order valence-corrected chi connectivity index (χ4v) is 4.37. The van der Waals surface area contributed by atoms with E-state index in [9.17, 15) is 4.39 Å². The molecule has 0 saturated heterocycles. The minimum atomic E-state index is -0.242. The van der Waals surface area contributed by atoms with Gasteiger partial charge in [-0.25, -0.2) is 9.37 Å². The van der Waals surface area contributed by atoms with E-state index < -0.39 is 0 Å². The van der Waals surface area contributed by atoms with Crippen LogP contribution >= 0.6 is 11.6 Å². The third-order valence-electron chi connectivity index (χ3n) is 6.02. The first-order valence-corrected chi connectivity index (χ1v) is 11.2. The van der Waals surface area contributed by atoms with Crippen molar-refractivity contribution in [2.75, 3.05) is 5.32 Å². The molecule has 1 fully saturated rings. The first-order chi connectivity index (χ1) is 15.0. The zero-order valence-corrected chi connectivity index (χ0v) is 19.2. The quantitative estimate of drug-likeness (QED) is 0.418. The fourth-order valence-electron chi connectivity index (χ4n) is 4.17. The molecule has 7 heteroatoms. The van der Waals surface area contributed by atoms with Gasteiger partial charge < -0.3 is 17.2 Å². The number of hydrogen-bond donors (Lipinski definition) is 3. The average molecular weight is 456 g/mol. The lowest BCUT2D eigenvalue weighted by Gasteiger charge is -2.25. The molecule has 0 radical (unpaired) electrons. The second-order valence-corrected chi connectivity index (χ2v) is 8.89. The van der Waals surface area contributed by atoms with E-state index in [0.29, 0.717) is 23.5 Å². The zero-order valence-electron chi connectivity index (χ0n) is 18.5. The highest BCUT2D eigenvalue weighted by Crippen LogP contribution is 2.31. The minimum Gasteiger partial charge on any atom is -0.366 e. The molecule has 0 amide bonds. The molecule has 170 valence electrons. The number of nitrogens with zero attached hydrogens (tertiary/aromatic N) is 2. The van der Waals surface area contributed by atoms with Crippen LogP contribution in [-0.2, 0) is 13.0 Å². The van der Waals surface area contributed by atoms with Gasteiger partial charge in [0.05, 0.1) is 10.7 Å². The van der Waals surface area contributed by atoms with Crippen LogP contribution in [-0.4, -0.2) is 16.0 Å². The molecule has 5 nitrogen and oxygen atoms in total. The van der Waals surface area contributed by atoms with Gasteiger partial charge in [-0.1, -0.05) is 29.8 Å². The van der Waals surface area contributed by atoms with E-state index in [2.05, 4.69) is 16.4 Å². The fraction of sp³-hybridized carbons (Fsp3) is 0.360. The van der Waals surface area contributed by atoms with Gasteiger partial charge in [-0.15, -0.1) is 0 Å². The van der Waals surface area contributed by atoms with Crippen LogP contribution in [0.15, 0.2) is 48.7 Å². The highest BCUT2D eigenvalue weighted by atomic mass is 35.5. The van der Waals surface area contributed by atoms with E-state index in [-0.39, 0.29) is 12.0 Å². The van der Waals surface area contributed by atoms with Gasteiger partial charge in [0, 0.05) is 30.0 Å². The van der Waals surface area contributed by atoms with Crippen molar-refractivity contribution in [3.63, 3.8) is 0 Å². The molecule has 1 saturated carbocycles. The average Bonchev–Trinajstić information content (AvgIpc) is 2.76. The largest absolute Gasteiger partial charge is 0.366 e. The second kappa shape index (κ2) is 10.9. The normalized spacial score (nSPS) is 18.1. The Morgan fingerprint density at radius 2 is 1.91 bits per heavy atom. The molecule has 0 bridgehead atoms. The monoisotopic (exact) mass is 455 g/mol. The number of hydrogen-bond acceptors (Lipinski definition) is 5. The Bertz CT molecular complexity index is 1050. The summed E-state index contributed by atoms with van der Waals surface area (Å²) in [6, 6.07) is 13.0. The van der Waals surface area contributed by atoms with Crippen molar-refractivity contribution in [3.05, 3.63) is 76.3 Å². The Kier molecular flexibility index (Phi) is 8.18. The summed E-state index contributed by atoms with van der Waals surface area (Å²) >= 11 is 6.49. The summed E-state index contributed by atoms with van der Waals surface area (Å²) in [6.07, 6.45) is 7.14. The van der Waals surface area contributed by atoms with Gasteiger partial charge in [0.1, 0.15) is 11.6 Å². The molecule has 2 aromatic heterocycles. The molecule has 1 aliphatic carbocycles. The van der Waals surface area contributed by atoms with Crippen LogP contribution in [0.2, 0.25) is 5.02 Å². The molecule has 0 spiro atoms. The predicted octanol–water partition coefficient (Wildman–Crippen LogP) is 6.08. The summed E-state index contributed by atoms with van der Waals surface area (Å²) < 4.78 is 13.5. The number of aromatic nitrogens is 2. The van der Waals surface area contributed by atoms with Gasteiger partial charge >= 0.3 is 0 Å². The van der Waals surface area contributed by atoms with E-state index in [0.717, 1.165) is 66.0 Å². The first kappa shape index (κ1) is 24.1. The Morgan fingerprint density at radius 3 is 2.66 bits per heavy atom. The second-order valence-electron chi connectivity index (χ2n) is 8.49. The highest BCUT2D eigenvalue weighted by molar-refractivity contribution is 6.33. The maximum absolute atomic E-state index is 13.5. The van der Waals surface area contributed by atoms with E-state index in [1.165, 1.54) is 12.1 Å². The van der Waals surface area contributed by atoms with Crippen molar-refractivity contribution in [1.82, 2.24) is 16.1 Å². The lowest BCUT2D eigenvalue weighted by molar-refractivity contribution is 0.323. The number of nitrogens with one attached hydrogen (secondary N) is 1. The Morgan fingerprint density at radius 1 is 1.12 bits per heavy atom. The van der Waals surface area contributed by atoms with Gasteiger partial charge in [-0.2, -0.15) is 0 Å². The summed E-state index contributed by atoms with van der Waals surface area (Å²) in [5.74, 6) is 1.14. The van der Waals surface area contributed by atoms with E-state index in [4.69, 9.17) is 22.3 Å². The molecule has 2 heterocycles. The Hall–Kier alpha value is -2.54. The van der Waals surface area contributed by atoms with Crippen molar-refractivity contribution in [3.8, 4) is 11.3 Å². The highest BCUT2D eigenvalue weighted by Gasteiger charge is 2.20. The molecule has 0 atom stereocenters. The maximum atomic E-state index is 13.5. The van der Waals surface area contributed by atoms with Crippen molar-refractivity contribution in [1.29, 1.82) is 0 Å². The molecular weight excluding hydrogens is 425 g/mol. The molecular formula is C25H31ClFN5. The summed E-state index contributed by atoms with van der Waals surface area (Å²) in [5, 5.41) is 3.91. The van der Waals surface area contributed by atoms with E-state index in [1.54, 1.807) is 12.3 Å². The minimum absolute atomic E-state index is 0. The van der Waals surface area contributed by atoms with Crippen LogP contribution in [0, 0.1) is 18.7 Å². The molecule has 6 N–H and O–H groups in total. The number of aryl methyl sites for hydroxylation is 1. The summed E-state index contributed by atoms with van der Waals surface area (Å²) in [4.78, 5) is 9.36. The van der Waals surface area contributed by atoms with Crippen LogP contribution in [0.25, 0.3) is 11.3 Å². The summed E-state index contributed by atoms with van der Waals surface area (Å²) in [7, 11) is 0. The lowest BCUT2D eigenvalue weighted by atomic mass is 9.83. The van der Waals surface area contributed by atoms with Gasteiger partial charge in [0.2, 0.25) is 0 Å². The van der Waals surface area contributed by atoms with Crippen LogP contribution in [0.4, 0.5) is 10.2 Å². The van der Waals surface area contributed by atoms with Gasteiger partial charge in [0.15, 0.2) is 0 Å². The molecule has 4 rings (SSSR count). The van der Waals surface area contributed by atoms with Crippen molar-refractivity contribution < 1.29 is 4.39 Å².